The van der Waals surface area contributed by atoms with Crippen LogP contribution in [0.2, 0.25) is 0 Å². The number of benzene rings is 3. The van der Waals surface area contributed by atoms with E-state index >= 15 is 0 Å². The summed E-state index contributed by atoms with van der Waals surface area (Å²) >= 11 is 0. The van der Waals surface area contributed by atoms with Crippen LogP contribution in [0.25, 0.3) is 16.8 Å². The first-order chi connectivity index (χ1) is 19.2. The Balaban J connectivity index is 1.66. The molecule has 3 N–H and O–H groups in total. The average Bonchev–Trinajstić information content (AvgIpc) is 3.49. The molecule has 0 aliphatic carbocycles. The van der Waals surface area contributed by atoms with E-state index in [2.05, 4.69) is 9.97 Å². The molecule has 1 aliphatic heterocycles. The van der Waals surface area contributed by atoms with Crippen molar-refractivity contribution < 1.29 is 34.1 Å². The van der Waals surface area contributed by atoms with Gasteiger partial charge in [0.15, 0.2) is 0 Å². The monoisotopic (exact) mass is 541 g/mol. The van der Waals surface area contributed by atoms with Crippen LogP contribution < -0.4 is 14.4 Å². The highest BCUT2D eigenvalue weighted by atomic mass is 16.5. The lowest BCUT2D eigenvalue weighted by Crippen LogP contribution is -2.30. The number of H-pyrrole nitrogens is 1. The highest BCUT2D eigenvalue weighted by Crippen LogP contribution is 2.42. The standard InChI is InChI=1S/C30H27N3O7/c1-4-13-40-23-12-8-18(14-16(23)2)26(34)24-25(17-5-9-20(39-3)10-6-17)33(28(36)27(24)35)30-31-21-11-7-19(29(37)38)15-22(21)32-30/h5-12,14-15,25,34H,4,13H2,1-3H3,(H,31,32)(H,37,38)/b26-24+. The summed E-state index contributed by atoms with van der Waals surface area (Å²) in [5.41, 5.74) is 2.37. The molecule has 4 aromatic rings. The molecule has 1 unspecified atom stereocenters. The molecule has 0 spiro atoms. The van der Waals surface area contributed by atoms with Crippen LogP contribution >= 0.6 is 0 Å². The molecule has 0 saturated carbocycles. The van der Waals surface area contributed by atoms with Gasteiger partial charge in [-0.3, -0.25) is 14.5 Å². The van der Waals surface area contributed by atoms with Crippen LogP contribution in [-0.2, 0) is 9.59 Å². The number of fused-ring (bicyclic) bond motifs is 1. The van der Waals surface area contributed by atoms with E-state index in [-0.39, 0.29) is 22.8 Å². The number of hydrogen-bond donors (Lipinski definition) is 3. The number of carboxylic acids is 1. The number of hydrogen-bond acceptors (Lipinski definition) is 7. The number of amides is 1. The number of aromatic carboxylic acids is 1. The zero-order chi connectivity index (χ0) is 28.6. The highest BCUT2D eigenvalue weighted by Gasteiger charge is 2.48. The maximum atomic E-state index is 13.5. The van der Waals surface area contributed by atoms with Gasteiger partial charge >= 0.3 is 11.9 Å². The molecule has 0 bridgehead atoms. The molecule has 3 aromatic carbocycles. The Morgan fingerprint density at radius 3 is 2.40 bits per heavy atom. The van der Waals surface area contributed by atoms with Gasteiger partial charge in [-0.2, -0.15) is 0 Å². The van der Waals surface area contributed by atoms with Crippen LogP contribution in [0, 0.1) is 6.92 Å². The van der Waals surface area contributed by atoms with Crippen LogP contribution in [0.5, 0.6) is 11.5 Å². The number of anilines is 1. The predicted octanol–water partition coefficient (Wildman–Crippen LogP) is 4.99. The smallest absolute Gasteiger partial charge is 0.335 e. The second-order valence-corrected chi connectivity index (χ2v) is 9.37. The number of ketones is 1. The van der Waals surface area contributed by atoms with Gasteiger partial charge in [0.25, 0.3) is 5.78 Å². The third kappa shape index (κ3) is 4.64. The second-order valence-electron chi connectivity index (χ2n) is 9.37. The molecule has 1 amide bonds. The Morgan fingerprint density at radius 2 is 1.75 bits per heavy atom. The molecule has 1 atom stereocenters. The number of imidazole rings is 1. The van der Waals surface area contributed by atoms with Crippen LogP contribution in [0.1, 0.15) is 46.4 Å². The summed E-state index contributed by atoms with van der Waals surface area (Å²) in [4.78, 5) is 47.0. The number of nitrogens with zero attached hydrogens (tertiary/aromatic N) is 2. The summed E-state index contributed by atoms with van der Waals surface area (Å²) in [6.07, 6.45) is 0.839. The van der Waals surface area contributed by atoms with Crippen LogP contribution in [0.4, 0.5) is 5.95 Å². The normalized spacial score (nSPS) is 16.5. The molecule has 2 heterocycles. The predicted molar refractivity (Wildman–Crippen MR) is 148 cm³/mol. The Kier molecular flexibility index (Phi) is 7.00. The minimum atomic E-state index is -1.11. The van der Waals surface area contributed by atoms with E-state index in [0.717, 1.165) is 12.0 Å². The quantitative estimate of drug-likeness (QED) is 0.161. The van der Waals surface area contributed by atoms with Crippen molar-refractivity contribution in [1.29, 1.82) is 0 Å². The third-order valence-corrected chi connectivity index (χ3v) is 6.73. The molecule has 0 radical (unpaired) electrons. The Hall–Kier alpha value is -5.12. The minimum absolute atomic E-state index is 0.0400. The summed E-state index contributed by atoms with van der Waals surface area (Å²) in [7, 11) is 1.52. The van der Waals surface area contributed by atoms with Gasteiger partial charge < -0.3 is 24.7 Å². The van der Waals surface area contributed by atoms with Crippen LogP contribution in [-0.4, -0.2) is 51.6 Å². The highest BCUT2D eigenvalue weighted by molar-refractivity contribution is 6.51. The summed E-state index contributed by atoms with van der Waals surface area (Å²) < 4.78 is 11.0. The molecule has 10 heteroatoms. The van der Waals surface area contributed by atoms with Crippen LogP contribution in [0.15, 0.2) is 66.2 Å². The number of ether oxygens (including phenoxy) is 2. The van der Waals surface area contributed by atoms with Gasteiger partial charge in [-0.25, -0.2) is 9.78 Å². The maximum absolute atomic E-state index is 13.5. The molecule has 10 nitrogen and oxygen atoms in total. The fourth-order valence-electron chi connectivity index (χ4n) is 4.72. The van der Waals surface area contributed by atoms with E-state index in [1.165, 1.54) is 30.2 Å². The van der Waals surface area contributed by atoms with E-state index in [4.69, 9.17) is 9.47 Å². The number of carboxylic acid groups (broad SMARTS) is 1. The third-order valence-electron chi connectivity index (χ3n) is 6.73. The summed E-state index contributed by atoms with van der Waals surface area (Å²) in [6.45, 7) is 4.38. The van der Waals surface area contributed by atoms with Crippen molar-refractivity contribution in [2.24, 2.45) is 0 Å². The van der Waals surface area contributed by atoms with Crippen molar-refractivity contribution in [1.82, 2.24) is 9.97 Å². The topological polar surface area (TPSA) is 142 Å². The Morgan fingerprint density at radius 1 is 1.02 bits per heavy atom. The zero-order valence-corrected chi connectivity index (χ0v) is 22.1. The Bertz CT molecular complexity index is 1670. The van der Waals surface area contributed by atoms with E-state index < -0.39 is 23.7 Å². The molecule has 204 valence electrons. The van der Waals surface area contributed by atoms with Crippen molar-refractivity contribution in [3.63, 3.8) is 0 Å². The number of methoxy groups -OCH3 is 1. The number of carbonyl (C=O) groups is 3. The van der Waals surface area contributed by atoms with Crippen molar-refractivity contribution in [2.45, 2.75) is 26.3 Å². The molecular formula is C30H27N3O7. The van der Waals surface area contributed by atoms with Gasteiger partial charge in [0.05, 0.1) is 41.9 Å². The summed E-state index contributed by atoms with van der Waals surface area (Å²) in [6, 6.07) is 15.1. The minimum Gasteiger partial charge on any atom is -0.507 e. The van der Waals surface area contributed by atoms with Crippen molar-refractivity contribution in [2.75, 3.05) is 18.6 Å². The average molecular weight is 542 g/mol. The number of nitrogens with one attached hydrogen (secondary N) is 1. The number of Topliss-reactive ketones (excluding diaryl/α,β-unsaturated/α-hetero) is 1. The van der Waals surface area contributed by atoms with Crippen molar-refractivity contribution in [3.05, 3.63) is 88.5 Å². The first-order valence-electron chi connectivity index (χ1n) is 12.6. The number of aromatic amines is 1. The van der Waals surface area contributed by atoms with E-state index in [0.29, 0.717) is 40.3 Å². The summed E-state index contributed by atoms with van der Waals surface area (Å²) in [5, 5.41) is 20.8. The van der Waals surface area contributed by atoms with E-state index in [1.54, 1.807) is 42.5 Å². The molecular weight excluding hydrogens is 514 g/mol. The second kappa shape index (κ2) is 10.6. The molecule has 1 saturated heterocycles. The first-order valence-corrected chi connectivity index (χ1v) is 12.6. The number of aliphatic hydroxyl groups is 1. The lowest BCUT2D eigenvalue weighted by molar-refractivity contribution is -0.132. The van der Waals surface area contributed by atoms with Crippen LogP contribution in [0.3, 0.4) is 0 Å². The molecule has 40 heavy (non-hydrogen) atoms. The summed E-state index contributed by atoms with van der Waals surface area (Å²) in [5.74, 6) is -1.95. The van der Waals surface area contributed by atoms with E-state index in [1.807, 2.05) is 13.8 Å². The Labute approximate surface area is 229 Å². The van der Waals surface area contributed by atoms with Gasteiger partial charge in [0.2, 0.25) is 5.95 Å². The zero-order valence-electron chi connectivity index (χ0n) is 22.1. The van der Waals surface area contributed by atoms with Crippen molar-refractivity contribution in [3.8, 4) is 11.5 Å². The fourth-order valence-corrected chi connectivity index (χ4v) is 4.72. The number of aromatic nitrogens is 2. The SMILES string of the molecule is CCCOc1ccc(/C(O)=C2\C(=O)C(=O)N(c3nc4ccc(C(=O)O)cc4[nH]3)C2c2ccc(OC)cc2)cc1C. The van der Waals surface area contributed by atoms with Gasteiger partial charge in [-0.1, -0.05) is 19.1 Å². The van der Waals surface area contributed by atoms with Gasteiger partial charge in [0, 0.05) is 5.56 Å². The molecule has 5 rings (SSSR count). The van der Waals surface area contributed by atoms with Gasteiger partial charge in [0.1, 0.15) is 17.3 Å². The number of rotatable bonds is 8. The first kappa shape index (κ1) is 26.5. The van der Waals surface area contributed by atoms with Gasteiger partial charge in [-0.15, -0.1) is 0 Å². The lowest BCUT2D eigenvalue weighted by atomic mass is 9.95. The molecule has 1 aromatic heterocycles. The maximum Gasteiger partial charge on any atom is 0.335 e. The number of aryl methyl sites for hydroxylation is 1. The van der Waals surface area contributed by atoms with E-state index in [9.17, 15) is 24.6 Å². The van der Waals surface area contributed by atoms with Crippen molar-refractivity contribution >= 4 is 40.4 Å². The van der Waals surface area contributed by atoms with Gasteiger partial charge in [-0.05, 0) is 73.0 Å². The molecule has 1 aliphatic rings. The number of aliphatic hydroxyl groups excluding tert-OH is 1. The fraction of sp³-hybridized carbons (Fsp3) is 0.200. The number of carbonyl (C=O) groups excluding carboxylic acids is 2. The molecule has 1 fully saturated rings. The largest absolute Gasteiger partial charge is 0.507 e. The lowest BCUT2D eigenvalue weighted by Gasteiger charge is -2.23.